The molecule has 0 spiro atoms. The van der Waals surface area contributed by atoms with Gasteiger partial charge in [-0.15, -0.1) is 0 Å². The first-order valence-electron chi connectivity index (χ1n) is 9.08. The Morgan fingerprint density at radius 2 is 1.92 bits per heavy atom. The van der Waals surface area contributed by atoms with Crippen molar-refractivity contribution >= 4 is 5.91 Å². The van der Waals surface area contributed by atoms with Gasteiger partial charge in [-0.25, -0.2) is 0 Å². The summed E-state index contributed by atoms with van der Waals surface area (Å²) in [6.07, 6.45) is 2.69. The molecule has 2 rings (SSSR count). The number of carbonyl (C=O) groups is 1. The largest absolute Gasteiger partial charge is 0.337 e. The summed E-state index contributed by atoms with van der Waals surface area (Å²) in [7, 11) is 3.63. The lowest BCUT2D eigenvalue weighted by molar-refractivity contribution is 0.0781. The van der Waals surface area contributed by atoms with Gasteiger partial charge in [-0.3, -0.25) is 14.3 Å². The van der Waals surface area contributed by atoms with Gasteiger partial charge in [0.2, 0.25) is 0 Å². The topological polar surface area (TPSA) is 60.1 Å². The van der Waals surface area contributed by atoms with Crippen molar-refractivity contribution in [2.45, 2.75) is 54.1 Å². The van der Waals surface area contributed by atoms with Crippen LogP contribution in [0.2, 0.25) is 0 Å². The Morgan fingerprint density at radius 3 is 2.46 bits per heavy atom. The van der Waals surface area contributed by atoms with Gasteiger partial charge in [-0.1, -0.05) is 13.8 Å². The van der Waals surface area contributed by atoms with E-state index < -0.39 is 0 Å². The van der Waals surface area contributed by atoms with E-state index in [0.29, 0.717) is 24.6 Å². The third-order valence-corrected chi connectivity index (χ3v) is 4.94. The van der Waals surface area contributed by atoms with E-state index in [0.717, 1.165) is 23.4 Å². The van der Waals surface area contributed by atoms with E-state index in [1.54, 1.807) is 22.7 Å². The van der Waals surface area contributed by atoms with Gasteiger partial charge in [0.25, 0.3) is 11.5 Å². The van der Waals surface area contributed by atoms with E-state index in [9.17, 15) is 9.59 Å². The molecule has 2 heterocycles. The fourth-order valence-corrected chi connectivity index (χ4v) is 3.04. The first-order chi connectivity index (χ1) is 12.1. The van der Waals surface area contributed by atoms with E-state index in [4.69, 9.17) is 0 Å². The van der Waals surface area contributed by atoms with Gasteiger partial charge in [-0.2, -0.15) is 5.10 Å². The molecule has 142 valence electrons. The molecule has 6 heteroatoms. The van der Waals surface area contributed by atoms with Crippen LogP contribution in [0.4, 0.5) is 0 Å². The van der Waals surface area contributed by atoms with Gasteiger partial charge >= 0.3 is 0 Å². The molecular formula is C20H30N4O2. The van der Waals surface area contributed by atoms with Crippen molar-refractivity contribution in [3.05, 3.63) is 50.7 Å². The monoisotopic (exact) mass is 358 g/mol. The maximum Gasteiger partial charge on any atom is 0.263 e. The second-order valence-corrected chi connectivity index (χ2v) is 7.49. The van der Waals surface area contributed by atoms with Crippen molar-refractivity contribution < 1.29 is 4.79 Å². The quantitative estimate of drug-likeness (QED) is 0.798. The molecule has 2 aromatic heterocycles. The summed E-state index contributed by atoms with van der Waals surface area (Å²) in [4.78, 5) is 27.4. The van der Waals surface area contributed by atoms with Crippen molar-refractivity contribution in [2.24, 2.45) is 13.0 Å². The Hall–Kier alpha value is -2.37. The fraction of sp³-hybridized carbons (Fsp3) is 0.550. The number of aromatic nitrogens is 3. The second kappa shape index (κ2) is 7.89. The summed E-state index contributed by atoms with van der Waals surface area (Å²) >= 11 is 0. The van der Waals surface area contributed by atoms with Crippen molar-refractivity contribution in [3.8, 4) is 0 Å². The predicted molar refractivity (Wildman–Crippen MR) is 103 cm³/mol. The van der Waals surface area contributed by atoms with Crippen LogP contribution in [0.15, 0.2) is 17.1 Å². The van der Waals surface area contributed by atoms with Crippen molar-refractivity contribution in [1.29, 1.82) is 0 Å². The Bertz CT molecular complexity index is 861. The number of carbonyl (C=O) groups excluding carboxylic acids is 1. The average Bonchev–Trinajstić information content (AvgIpc) is 2.80. The SMILES string of the molecule is Cc1ccn(CCC(C)C)c(=O)c1C(=O)N(C)Cc1c(C)nn(C)c1C. The number of amides is 1. The number of hydrogen-bond acceptors (Lipinski definition) is 3. The Kier molecular flexibility index (Phi) is 6.05. The molecule has 0 bridgehead atoms. The smallest absolute Gasteiger partial charge is 0.263 e. The second-order valence-electron chi connectivity index (χ2n) is 7.49. The fourth-order valence-electron chi connectivity index (χ4n) is 3.04. The van der Waals surface area contributed by atoms with Gasteiger partial charge in [0.15, 0.2) is 0 Å². The van der Waals surface area contributed by atoms with E-state index in [-0.39, 0.29) is 17.0 Å². The van der Waals surface area contributed by atoms with Crippen LogP contribution in [-0.4, -0.2) is 32.2 Å². The van der Waals surface area contributed by atoms with Crippen LogP contribution in [0.5, 0.6) is 0 Å². The van der Waals surface area contributed by atoms with Crippen LogP contribution < -0.4 is 5.56 Å². The third-order valence-electron chi connectivity index (χ3n) is 4.94. The highest BCUT2D eigenvalue weighted by Crippen LogP contribution is 2.16. The molecule has 26 heavy (non-hydrogen) atoms. The Labute approximate surface area is 155 Å². The molecule has 0 unspecified atom stereocenters. The molecule has 2 aromatic rings. The molecule has 0 atom stereocenters. The first-order valence-corrected chi connectivity index (χ1v) is 9.08. The third kappa shape index (κ3) is 4.06. The normalized spacial score (nSPS) is 11.2. The number of aryl methyl sites for hydroxylation is 4. The van der Waals surface area contributed by atoms with Gasteiger partial charge in [0.1, 0.15) is 5.56 Å². The van der Waals surface area contributed by atoms with Crippen LogP contribution in [0.1, 0.15) is 53.1 Å². The molecular weight excluding hydrogens is 328 g/mol. The number of hydrogen-bond donors (Lipinski definition) is 0. The van der Waals surface area contributed by atoms with Crippen molar-refractivity contribution in [2.75, 3.05) is 7.05 Å². The number of pyridine rings is 1. The lowest BCUT2D eigenvalue weighted by Gasteiger charge is -2.19. The van der Waals surface area contributed by atoms with Crippen LogP contribution >= 0.6 is 0 Å². The molecule has 0 radical (unpaired) electrons. The van der Waals surface area contributed by atoms with E-state index in [2.05, 4.69) is 18.9 Å². The van der Waals surface area contributed by atoms with Crippen molar-refractivity contribution in [3.63, 3.8) is 0 Å². The Balaban J connectivity index is 2.30. The minimum absolute atomic E-state index is 0.206. The summed E-state index contributed by atoms with van der Waals surface area (Å²) < 4.78 is 3.46. The molecule has 0 aliphatic heterocycles. The zero-order chi connectivity index (χ0) is 19.6. The number of rotatable bonds is 6. The van der Waals surface area contributed by atoms with Gasteiger partial charge in [0, 0.05) is 44.6 Å². The minimum atomic E-state index is -0.242. The lowest BCUT2D eigenvalue weighted by atomic mass is 10.1. The summed E-state index contributed by atoms with van der Waals surface area (Å²) in [5.41, 5.74) is 3.73. The predicted octanol–water partition coefficient (Wildman–Crippen LogP) is 2.83. The van der Waals surface area contributed by atoms with E-state index in [1.165, 1.54) is 0 Å². The van der Waals surface area contributed by atoms with Crippen LogP contribution in [-0.2, 0) is 20.1 Å². The first kappa shape index (κ1) is 19.9. The van der Waals surface area contributed by atoms with Crippen molar-refractivity contribution in [1.82, 2.24) is 19.2 Å². The van der Waals surface area contributed by atoms with Crippen LogP contribution in [0.25, 0.3) is 0 Å². The molecule has 6 nitrogen and oxygen atoms in total. The zero-order valence-electron chi connectivity index (χ0n) is 17.0. The maximum absolute atomic E-state index is 13.0. The molecule has 1 amide bonds. The Morgan fingerprint density at radius 1 is 1.27 bits per heavy atom. The highest BCUT2D eigenvalue weighted by molar-refractivity contribution is 5.95. The zero-order valence-corrected chi connectivity index (χ0v) is 17.0. The molecule has 0 saturated heterocycles. The summed E-state index contributed by atoms with van der Waals surface area (Å²) in [6.45, 7) is 11.0. The molecule has 0 N–H and O–H groups in total. The maximum atomic E-state index is 13.0. The van der Waals surface area contributed by atoms with Gasteiger partial charge in [-0.05, 0) is 44.7 Å². The van der Waals surface area contributed by atoms with Crippen LogP contribution in [0, 0.1) is 26.7 Å². The van der Waals surface area contributed by atoms with Gasteiger partial charge < -0.3 is 9.47 Å². The average molecular weight is 358 g/mol. The molecule has 0 saturated carbocycles. The molecule has 0 fully saturated rings. The van der Waals surface area contributed by atoms with E-state index >= 15 is 0 Å². The lowest BCUT2D eigenvalue weighted by Crippen LogP contribution is -2.35. The highest BCUT2D eigenvalue weighted by Gasteiger charge is 2.21. The summed E-state index contributed by atoms with van der Waals surface area (Å²) in [5.74, 6) is 0.260. The number of nitrogens with zero attached hydrogens (tertiary/aromatic N) is 4. The molecule has 0 aliphatic carbocycles. The molecule has 0 aliphatic rings. The minimum Gasteiger partial charge on any atom is -0.337 e. The van der Waals surface area contributed by atoms with E-state index in [1.807, 2.05) is 38.6 Å². The summed E-state index contributed by atoms with van der Waals surface area (Å²) in [6, 6.07) is 1.85. The standard InChI is InChI=1S/C20H30N4O2/c1-13(2)8-10-24-11-9-14(3)18(20(24)26)19(25)22(6)12-17-15(4)21-23(7)16(17)5/h9,11,13H,8,10,12H2,1-7H3. The molecule has 0 aromatic carbocycles. The van der Waals surface area contributed by atoms with Gasteiger partial charge in [0.05, 0.1) is 5.69 Å². The van der Waals surface area contributed by atoms with Crippen LogP contribution in [0.3, 0.4) is 0 Å². The summed E-state index contributed by atoms with van der Waals surface area (Å²) in [5, 5.41) is 4.40. The highest BCUT2D eigenvalue weighted by atomic mass is 16.2.